The predicted octanol–water partition coefficient (Wildman–Crippen LogP) is 4.60. The van der Waals surface area contributed by atoms with Gasteiger partial charge in [0.2, 0.25) is 0 Å². The molecule has 0 fully saturated rings. The van der Waals surface area contributed by atoms with E-state index in [2.05, 4.69) is 15.2 Å². The molecule has 0 atom stereocenters. The van der Waals surface area contributed by atoms with Crippen LogP contribution in [0.15, 0.2) is 82.8 Å². The van der Waals surface area contributed by atoms with Gasteiger partial charge in [0.25, 0.3) is 15.9 Å². The van der Waals surface area contributed by atoms with Crippen LogP contribution in [-0.2, 0) is 10.0 Å². The Morgan fingerprint density at radius 3 is 2.37 bits per heavy atom. The van der Waals surface area contributed by atoms with Crippen LogP contribution in [0.2, 0.25) is 5.02 Å². The van der Waals surface area contributed by atoms with Gasteiger partial charge in [0, 0.05) is 5.69 Å². The molecule has 0 aliphatic heterocycles. The van der Waals surface area contributed by atoms with E-state index in [-0.39, 0.29) is 10.8 Å². The maximum absolute atomic E-state index is 12.4. The number of sulfonamides is 1. The van der Waals surface area contributed by atoms with E-state index >= 15 is 0 Å². The van der Waals surface area contributed by atoms with Crippen LogP contribution in [0.3, 0.4) is 0 Å². The van der Waals surface area contributed by atoms with Gasteiger partial charge in [-0.25, -0.2) is 0 Å². The van der Waals surface area contributed by atoms with Crippen molar-refractivity contribution in [2.45, 2.75) is 18.7 Å². The van der Waals surface area contributed by atoms with E-state index in [1.54, 1.807) is 67.6 Å². The number of carbonyl (C=O) groups is 1. The molecule has 6 nitrogen and oxygen atoms in total. The summed E-state index contributed by atoms with van der Waals surface area (Å²) in [6.45, 7) is 3.55. The SMILES string of the molecule is C/C(=N/NS(=O)(=O)c1ccc(C)cc1)c1cccc(NC(=O)c2ccccc2Cl)c1. The number of amides is 1. The lowest BCUT2D eigenvalue weighted by Gasteiger charge is -2.09. The Bertz CT molecular complexity index is 1210. The van der Waals surface area contributed by atoms with E-state index in [0.29, 0.717) is 27.5 Å². The van der Waals surface area contributed by atoms with Gasteiger partial charge in [0.15, 0.2) is 0 Å². The zero-order chi connectivity index (χ0) is 21.7. The molecule has 3 rings (SSSR count). The first-order chi connectivity index (χ1) is 14.3. The first kappa shape index (κ1) is 21.5. The Labute approximate surface area is 180 Å². The number of hydrogen-bond donors (Lipinski definition) is 2. The van der Waals surface area contributed by atoms with Crippen LogP contribution >= 0.6 is 11.6 Å². The minimum atomic E-state index is -3.77. The summed E-state index contributed by atoms with van der Waals surface area (Å²) in [4.78, 5) is 14.8. The number of nitrogens with one attached hydrogen (secondary N) is 2. The number of anilines is 1. The average Bonchev–Trinajstić information content (AvgIpc) is 2.73. The number of hydrogen-bond acceptors (Lipinski definition) is 4. The van der Waals surface area contributed by atoms with Crippen molar-refractivity contribution in [3.63, 3.8) is 0 Å². The summed E-state index contributed by atoms with van der Waals surface area (Å²) >= 11 is 6.07. The molecule has 0 heterocycles. The van der Waals surface area contributed by atoms with Gasteiger partial charge in [0.05, 0.1) is 21.2 Å². The zero-order valence-electron chi connectivity index (χ0n) is 16.4. The second-order valence-corrected chi connectivity index (χ2v) is 8.69. The van der Waals surface area contributed by atoms with Crippen molar-refractivity contribution in [1.29, 1.82) is 0 Å². The first-order valence-electron chi connectivity index (χ1n) is 9.05. The third-order valence-corrected chi connectivity index (χ3v) is 5.88. The fraction of sp³-hybridized carbons (Fsp3) is 0.0909. The molecule has 2 N–H and O–H groups in total. The van der Waals surface area contributed by atoms with Gasteiger partial charge >= 0.3 is 0 Å². The highest BCUT2D eigenvalue weighted by molar-refractivity contribution is 7.89. The minimum absolute atomic E-state index is 0.130. The maximum Gasteiger partial charge on any atom is 0.276 e. The molecule has 0 spiro atoms. The number of carbonyl (C=O) groups excluding carboxylic acids is 1. The van der Waals surface area contributed by atoms with E-state index in [9.17, 15) is 13.2 Å². The molecule has 8 heteroatoms. The fourth-order valence-electron chi connectivity index (χ4n) is 2.63. The predicted molar refractivity (Wildman–Crippen MR) is 120 cm³/mol. The van der Waals surface area contributed by atoms with Crippen molar-refractivity contribution >= 4 is 38.9 Å². The number of nitrogens with zero attached hydrogens (tertiary/aromatic N) is 1. The summed E-state index contributed by atoms with van der Waals surface area (Å²) in [5, 5.41) is 7.14. The van der Waals surface area contributed by atoms with Crippen molar-refractivity contribution in [2.75, 3.05) is 5.32 Å². The standard InChI is InChI=1S/C22H20ClN3O3S/c1-15-10-12-19(13-11-15)30(28,29)26-25-16(2)17-6-5-7-18(14-17)24-22(27)20-8-3-4-9-21(20)23/h3-14,26H,1-2H3,(H,24,27)/b25-16-. The van der Waals surface area contributed by atoms with E-state index in [1.807, 2.05) is 6.92 Å². The van der Waals surface area contributed by atoms with E-state index in [4.69, 9.17) is 11.6 Å². The van der Waals surface area contributed by atoms with Crippen LogP contribution < -0.4 is 10.1 Å². The van der Waals surface area contributed by atoms with Crippen LogP contribution in [0.25, 0.3) is 0 Å². The number of hydrazone groups is 1. The van der Waals surface area contributed by atoms with Gasteiger partial charge in [-0.05, 0) is 55.8 Å². The first-order valence-corrected chi connectivity index (χ1v) is 10.9. The minimum Gasteiger partial charge on any atom is -0.322 e. The molecule has 0 aliphatic carbocycles. The highest BCUT2D eigenvalue weighted by Crippen LogP contribution is 2.18. The molecule has 30 heavy (non-hydrogen) atoms. The van der Waals surface area contributed by atoms with Gasteiger partial charge in [-0.15, -0.1) is 0 Å². The van der Waals surface area contributed by atoms with Crippen LogP contribution in [-0.4, -0.2) is 20.0 Å². The molecule has 0 aromatic heterocycles. The molecular formula is C22H20ClN3O3S. The number of halogens is 1. The lowest BCUT2D eigenvalue weighted by atomic mass is 10.1. The van der Waals surface area contributed by atoms with Crippen molar-refractivity contribution in [1.82, 2.24) is 4.83 Å². The Balaban J connectivity index is 1.75. The molecule has 0 radical (unpaired) electrons. The summed E-state index contributed by atoms with van der Waals surface area (Å²) in [5.74, 6) is -0.340. The molecule has 0 unspecified atom stereocenters. The Morgan fingerprint density at radius 1 is 0.967 bits per heavy atom. The van der Waals surface area contributed by atoms with Crippen LogP contribution in [0.4, 0.5) is 5.69 Å². The van der Waals surface area contributed by atoms with E-state index < -0.39 is 10.0 Å². The van der Waals surface area contributed by atoms with Gasteiger partial charge in [-0.2, -0.15) is 18.4 Å². The van der Waals surface area contributed by atoms with Gasteiger partial charge in [-0.3, -0.25) is 4.79 Å². The van der Waals surface area contributed by atoms with E-state index in [0.717, 1.165) is 5.56 Å². The third-order valence-electron chi connectivity index (χ3n) is 4.32. The lowest BCUT2D eigenvalue weighted by Crippen LogP contribution is -2.20. The maximum atomic E-state index is 12.4. The monoisotopic (exact) mass is 441 g/mol. The van der Waals surface area contributed by atoms with Crippen molar-refractivity contribution in [3.8, 4) is 0 Å². The summed E-state index contributed by atoms with van der Waals surface area (Å²) in [7, 11) is -3.77. The third kappa shape index (κ3) is 5.25. The average molecular weight is 442 g/mol. The molecular weight excluding hydrogens is 422 g/mol. The highest BCUT2D eigenvalue weighted by Gasteiger charge is 2.13. The highest BCUT2D eigenvalue weighted by atomic mass is 35.5. The Kier molecular flexibility index (Phi) is 6.54. The van der Waals surface area contributed by atoms with Gasteiger partial charge in [-0.1, -0.05) is 53.6 Å². The van der Waals surface area contributed by atoms with Crippen molar-refractivity contribution in [3.05, 3.63) is 94.5 Å². The smallest absolute Gasteiger partial charge is 0.276 e. The molecule has 154 valence electrons. The van der Waals surface area contributed by atoms with Crippen LogP contribution in [0, 0.1) is 6.92 Å². The summed E-state index contributed by atoms with van der Waals surface area (Å²) in [6, 6.07) is 20.2. The Hall–Kier alpha value is -3.16. The van der Waals surface area contributed by atoms with Crippen LogP contribution in [0.1, 0.15) is 28.4 Å². The van der Waals surface area contributed by atoms with Crippen molar-refractivity contribution in [2.24, 2.45) is 5.10 Å². The normalized spacial score (nSPS) is 11.8. The molecule has 1 amide bonds. The zero-order valence-corrected chi connectivity index (χ0v) is 18.0. The number of aryl methyl sites for hydroxylation is 1. The number of rotatable bonds is 6. The molecule has 3 aromatic rings. The summed E-state index contributed by atoms with van der Waals surface area (Å²) < 4.78 is 24.8. The molecule has 3 aromatic carbocycles. The summed E-state index contributed by atoms with van der Waals surface area (Å²) in [5.41, 5.74) is 2.96. The molecule has 0 bridgehead atoms. The molecule has 0 saturated carbocycles. The van der Waals surface area contributed by atoms with E-state index in [1.165, 1.54) is 12.1 Å². The molecule has 0 saturated heterocycles. The number of benzene rings is 3. The summed E-state index contributed by atoms with van der Waals surface area (Å²) in [6.07, 6.45) is 0. The van der Waals surface area contributed by atoms with Crippen LogP contribution in [0.5, 0.6) is 0 Å². The quantitative estimate of drug-likeness (QED) is 0.432. The lowest BCUT2D eigenvalue weighted by molar-refractivity contribution is 0.102. The largest absolute Gasteiger partial charge is 0.322 e. The topological polar surface area (TPSA) is 87.6 Å². The van der Waals surface area contributed by atoms with Gasteiger partial charge in [0.1, 0.15) is 0 Å². The second-order valence-electron chi connectivity index (χ2n) is 6.62. The van der Waals surface area contributed by atoms with Crippen molar-refractivity contribution < 1.29 is 13.2 Å². The Morgan fingerprint density at radius 2 is 1.67 bits per heavy atom. The second kappa shape index (κ2) is 9.11. The fourth-order valence-corrected chi connectivity index (χ4v) is 3.71. The molecule has 0 aliphatic rings. The van der Waals surface area contributed by atoms with Gasteiger partial charge < -0.3 is 5.32 Å².